The molecule has 5 N–H and O–H groups in total. The first-order valence-corrected chi connectivity index (χ1v) is 6.48. The number of carbonyl (C=O) groups excluding carboxylic acids is 2. The van der Waals surface area contributed by atoms with Gasteiger partial charge in [0.15, 0.2) is 0 Å². The van der Waals surface area contributed by atoms with Crippen LogP contribution < -0.4 is 16.4 Å². The maximum atomic E-state index is 11.9. The zero-order chi connectivity index (χ0) is 15.4. The minimum absolute atomic E-state index is 0.0583. The molecule has 1 heterocycles. The number of nitrogens with two attached hydrogens (primary N) is 1. The summed E-state index contributed by atoms with van der Waals surface area (Å²) in [7, 11) is 0. The number of H-pyrrole nitrogens is 1. The largest absolute Gasteiger partial charge is 0.396 e. The lowest BCUT2D eigenvalue weighted by Crippen LogP contribution is -2.18. The van der Waals surface area contributed by atoms with Crippen molar-refractivity contribution >= 4 is 28.9 Å². The van der Waals surface area contributed by atoms with Gasteiger partial charge in [-0.3, -0.25) is 14.7 Å². The van der Waals surface area contributed by atoms with Crippen molar-refractivity contribution in [2.24, 2.45) is 5.92 Å². The number of benzene rings is 1. The molecule has 110 valence electrons. The molecular formula is C14H17N5O2. The van der Waals surface area contributed by atoms with Crippen LogP contribution in [0.5, 0.6) is 0 Å². The minimum atomic E-state index is -0.371. The monoisotopic (exact) mass is 287 g/mol. The molecule has 1 aromatic carbocycles. The third-order valence-electron chi connectivity index (χ3n) is 2.83. The fourth-order valence-electron chi connectivity index (χ4n) is 1.59. The zero-order valence-electron chi connectivity index (χ0n) is 11.8. The highest BCUT2D eigenvalue weighted by molar-refractivity contribution is 6.06. The number of nitrogens with zero attached hydrogens (tertiary/aromatic N) is 1. The van der Waals surface area contributed by atoms with Gasteiger partial charge in [-0.05, 0) is 24.3 Å². The summed E-state index contributed by atoms with van der Waals surface area (Å²) in [4.78, 5) is 23.5. The Morgan fingerprint density at radius 3 is 2.19 bits per heavy atom. The van der Waals surface area contributed by atoms with E-state index in [4.69, 9.17) is 5.73 Å². The molecule has 0 atom stereocenters. The van der Waals surface area contributed by atoms with Crippen molar-refractivity contribution in [1.29, 1.82) is 0 Å². The average molecular weight is 287 g/mol. The molecule has 0 aliphatic rings. The molecule has 0 radical (unpaired) electrons. The molecule has 0 aliphatic heterocycles. The molecule has 2 aromatic rings. The maximum absolute atomic E-state index is 11.9. The van der Waals surface area contributed by atoms with E-state index in [-0.39, 0.29) is 29.1 Å². The zero-order valence-corrected chi connectivity index (χ0v) is 11.8. The Balaban J connectivity index is 2.01. The van der Waals surface area contributed by atoms with Crippen molar-refractivity contribution in [1.82, 2.24) is 10.2 Å². The van der Waals surface area contributed by atoms with Crippen LogP contribution >= 0.6 is 0 Å². The standard InChI is InChI=1S/C14H17N5O2/c1-8(2)13(20)17-9-3-5-10(6-4-9)18-14(21)12-11(15)7-16-19-12/h3-8H,15H2,1-2H3,(H,16,19)(H,17,20)(H,18,21). The van der Waals surface area contributed by atoms with Crippen LogP contribution in [-0.4, -0.2) is 22.0 Å². The van der Waals surface area contributed by atoms with E-state index in [1.807, 2.05) is 13.8 Å². The van der Waals surface area contributed by atoms with Crippen LogP contribution in [0.15, 0.2) is 30.5 Å². The molecule has 0 spiro atoms. The van der Waals surface area contributed by atoms with Crippen molar-refractivity contribution in [2.75, 3.05) is 16.4 Å². The lowest BCUT2D eigenvalue weighted by atomic mass is 10.2. The predicted octanol–water partition coefficient (Wildman–Crippen LogP) is 1.84. The number of anilines is 3. The van der Waals surface area contributed by atoms with E-state index in [0.29, 0.717) is 11.4 Å². The van der Waals surface area contributed by atoms with Gasteiger partial charge in [-0.25, -0.2) is 0 Å². The summed E-state index contributed by atoms with van der Waals surface area (Å²) >= 11 is 0. The molecule has 1 aromatic heterocycles. The molecule has 2 rings (SSSR count). The van der Waals surface area contributed by atoms with E-state index >= 15 is 0 Å². The first kappa shape index (κ1) is 14.6. The highest BCUT2D eigenvalue weighted by Crippen LogP contribution is 2.16. The van der Waals surface area contributed by atoms with Gasteiger partial charge in [0, 0.05) is 17.3 Å². The number of hydrogen-bond acceptors (Lipinski definition) is 4. The third kappa shape index (κ3) is 3.59. The summed E-state index contributed by atoms with van der Waals surface area (Å²) in [5, 5.41) is 11.7. The van der Waals surface area contributed by atoms with Crippen LogP contribution in [-0.2, 0) is 4.79 Å². The summed E-state index contributed by atoms with van der Waals surface area (Å²) < 4.78 is 0. The van der Waals surface area contributed by atoms with Crippen molar-refractivity contribution in [3.63, 3.8) is 0 Å². The van der Waals surface area contributed by atoms with Crippen LogP contribution in [0.3, 0.4) is 0 Å². The van der Waals surface area contributed by atoms with E-state index in [0.717, 1.165) is 0 Å². The van der Waals surface area contributed by atoms with E-state index in [1.165, 1.54) is 6.20 Å². The molecule has 0 bridgehead atoms. The van der Waals surface area contributed by atoms with E-state index in [2.05, 4.69) is 20.8 Å². The Morgan fingerprint density at radius 1 is 1.14 bits per heavy atom. The molecule has 0 fully saturated rings. The van der Waals surface area contributed by atoms with Gasteiger partial charge < -0.3 is 16.4 Å². The smallest absolute Gasteiger partial charge is 0.275 e. The number of aromatic nitrogens is 2. The second kappa shape index (κ2) is 6.08. The van der Waals surface area contributed by atoms with E-state index in [9.17, 15) is 9.59 Å². The van der Waals surface area contributed by atoms with Gasteiger partial charge in [0.2, 0.25) is 5.91 Å². The van der Waals surface area contributed by atoms with Gasteiger partial charge in [0.05, 0.1) is 11.9 Å². The van der Waals surface area contributed by atoms with Crippen molar-refractivity contribution in [2.45, 2.75) is 13.8 Å². The minimum Gasteiger partial charge on any atom is -0.396 e. The lowest BCUT2D eigenvalue weighted by Gasteiger charge is -2.09. The molecule has 0 saturated carbocycles. The summed E-state index contributed by atoms with van der Waals surface area (Å²) in [6.07, 6.45) is 1.37. The SMILES string of the molecule is CC(C)C(=O)Nc1ccc(NC(=O)c2[nH]ncc2N)cc1. The highest BCUT2D eigenvalue weighted by Gasteiger charge is 2.12. The number of nitrogen functional groups attached to an aromatic ring is 1. The Morgan fingerprint density at radius 2 is 1.71 bits per heavy atom. The predicted molar refractivity (Wildman–Crippen MR) is 80.9 cm³/mol. The topological polar surface area (TPSA) is 113 Å². The normalized spacial score (nSPS) is 10.4. The second-order valence-electron chi connectivity index (χ2n) is 4.88. The lowest BCUT2D eigenvalue weighted by molar-refractivity contribution is -0.118. The first-order chi connectivity index (χ1) is 9.97. The van der Waals surface area contributed by atoms with Crippen LogP contribution in [0.2, 0.25) is 0 Å². The quantitative estimate of drug-likeness (QED) is 0.687. The Hall–Kier alpha value is -2.83. The van der Waals surface area contributed by atoms with Gasteiger partial charge in [0.25, 0.3) is 5.91 Å². The molecule has 2 amide bonds. The second-order valence-corrected chi connectivity index (χ2v) is 4.88. The molecule has 0 saturated heterocycles. The fraction of sp³-hybridized carbons (Fsp3) is 0.214. The number of amides is 2. The highest BCUT2D eigenvalue weighted by atomic mass is 16.2. The van der Waals surface area contributed by atoms with Crippen molar-refractivity contribution < 1.29 is 9.59 Å². The van der Waals surface area contributed by atoms with Crippen LogP contribution in [0.4, 0.5) is 17.1 Å². The Bertz CT molecular complexity index is 646. The molecule has 0 aliphatic carbocycles. The molecule has 0 unspecified atom stereocenters. The van der Waals surface area contributed by atoms with Crippen LogP contribution in [0.25, 0.3) is 0 Å². The van der Waals surface area contributed by atoms with Gasteiger partial charge in [-0.2, -0.15) is 5.10 Å². The third-order valence-corrected chi connectivity index (χ3v) is 2.83. The average Bonchev–Trinajstić information content (AvgIpc) is 2.87. The Kier molecular flexibility index (Phi) is 4.22. The molecule has 21 heavy (non-hydrogen) atoms. The number of aromatic amines is 1. The number of hydrogen-bond donors (Lipinski definition) is 4. The molecular weight excluding hydrogens is 270 g/mol. The van der Waals surface area contributed by atoms with Crippen LogP contribution in [0.1, 0.15) is 24.3 Å². The van der Waals surface area contributed by atoms with E-state index in [1.54, 1.807) is 24.3 Å². The van der Waals surface area contributed by atoms with Gasteiger partial charge >= 0.3 is 0 Å². The summed E-state index contributed by atoms with van der Waals surface area (Å²) in [5.41, 5.74) is 7.37. The summed E-state index contributed by atoms with van der Waals surface area (Å²) in [5.74, 6) is -0.520. The van der Waals surface area contributed by atoms with Crippen LogP contribution in [0, 0.1) is 5.92 Å². The van der Waals surface area contributed by atoms with Crippen molar-refractivity contribution in [3.05, 3.63) is 36.2 Å². The maximum Gasteiger partial charge on any atom is 0.275 e. The van der Waals surface area contributed by atoms with Gasteiger partial charge in [-0.1, -0.05) is 13.8 Å². The fourth-order valence-corrected chi connectivity index (χ4v) is 1.59. The van der Waals surface area contributed by atoms with Gasteiger partial charge in [0.1, 0.15) is 5.69 Å². The van der Waals surface area contributed by atoms with Gasteiger partial charge in [-0.15, -0.1) is 0 Å². The summed E-state index contributed by atoms with van der Waals surface area (Å²) in [6, 6.07) is 6.82. The molecule has 7 heteroatoms. The van der Waals surface area contributed by atoms with Crippen molar-refractivity contribution in [3.8, 4) is 0 Å². The summed E-state index contributed by atoms with van der Waals surface area (Å²) in [6.45, 7) is 3.64. The number of rotatable bonds is 4. The number of nitrogens with one attached hydrogen (secondary N) is 3. The molecule has 7 nitrogen and oxygen atoms in total. The van der Waals surface area contributed by atoms with E-state index < -0.39 is 0 Å². The number of carbonyl (C=O) groups is 2. The Labute approximate surface area is 121 Å². The first-order valence-electron chi connectivity index (χ1n) is 6.48.